The molecule has 0 atom stereocenters. The molecule has 0 spiro atoms. The molecule has 0 fully saturated rings. The molecule has 0 saturated carbocycles. The zero-order valence-corrected chi connectivity index (χ0v) is 12.9. The molecule has 6 nitrogen and oxygen atoms in total. The molecule has 0 aliphatic heterocycles. The summed E-state index contributed by atoms with van der Waals surface area (Å²) in [5, 5.41) is 0. The van der Waals surface area contributed by atoms with Crippen molar-refractivity contribution in [3.63, 3.8) is 0 Å². The van der Waals surface area contributed by atoms with Crippen molar-refractivity contribution >= 4 is 31.8 Å². The molecule has 0 aliphatic rings. The summed E-state index contributed by atoms with van der Waals surface area (Å²) in [6, 6.07) is 5.10. The summed E-state index contributed by atoms with van der Waals surface area (Å²) in [5.41, 5.74) is 6.60. The first-order valence-electron chi connectivity index (χ1n) is 5.78. The second-order valence-electron chi connectivity index (χ2n) is 4.04. The van der Waals surface area contributed by atoms with Crippen LogP contribution in [-0.2, 0) is 16.4 Å². The maximum absolute atomic E-state index is 12.1. The highest BCUT2D eigenvalue weighted by Crippen LogP contribution is 2.20. The number of sulfonamides is 1. The summed E-state index contributed by atoms with van der Waals surface area (Å²) in [4.78, 5) is 7.69. The van der Waals surface area contributed by atoms with Crippen LogP contribution in [0, 0.1) is 0 Å². The summed E-state index contributed by atoms with van der Waals surface area (Å²) in [6.07, 6.45) is 5.36. The summed E-state index contributed by atoms with van der Waals surface area (Å²) in [7, 11) is -3.67. The molecule has 0 unspecified atom stereocenters. The van der Waals surface area contributed by atoms with Gasteiger partial charge in [0, 0.05) is 29.6 Å². The Morgan fingerprint density at radius 1 is 1.30 bits per heavy atom. The van der Waals surface area contributed by atoms with Crippen molar-refractivity contribution in [1.29, 1.82) is 0 Å². The van der Waals surface area contributed by atoms with E-state index in [9.17, 15) is 8.42 Å². The molecule has 0 bridgehead atoms. The summed E-state index contributed by atoms with van der Waals surface area (Å²) < 4.78 is 27.3. The van der Waals surface area contributed by atoms with Crippen LogP contribution in [0.25, 0.3) is 0 Å². The van der Waals surface area contributed by atoms with E-state index in [1.54, 1.807) is 12.4 Å². The molecule has 0 aliphatic carbocycles. The van der Waals surface area contributed by atoms with Crippen molar-refractivity contribution in [2.75, 3.05) is 12.3 Å². The van der Waals surface area contributed by atoms with Gasteiger partial charge in [-0.3, -0.25) is 4.98 Å². The fourth-order valence-electron chi connectivity index (χ4n) is 1.60. The van der Waals surface area contributed by atoms with Crippen LogP contribution in [0.1, 0.15) is 5.56 Å². The Balaban J connectivity index is 2.06. The van der Waals surface area contributed by atoms with Crippen molar-refractivity contribution in [1.82, 2.24) is 14.7 Å². The topological polar surface area (TPSA) is 98.0 Å². The van der Waals surface area contributed by atoms with Gasteiger partial charge in [0.05, 0.1) is 0 Å². The van der Waals surface area contributed by atoms with Crippen molar-refractivity contribution < 1.29 is 8.42 Å². The Bertz CT molecular complexity index is 692. The standard InChI is InChI=1S/C12H13BrN4O2S/c13-10-7-11(12(14)16-8-10)20(18,19)17-6-3-9-1-4-15-5-2-9/h1-2,4-5,7-8,17H,3,6H2,(H2,14,16). The minimum atomic E-state index is -3.67. The number of anilines is 1. The summed E-state index contributed by atoms with van der Waals surface area (Å²) >= 11 is 3.18. The first-order valence-corrected chi connectivity index (χ1v) is 8.06. The van der Waals surface area contributed by atoms with Crippen LogP contribution in [0.4, 0.5) is 5.82 Å². The van der Waals surface area contributed by atoms with E-state index in [2.05, 4.69) is 30.6 Å². The van der Waals surface area contributed by atoms with Crippen molar-refractivity contribution in [2.24, 2.45) is 0 Å². The van der Waals surface area contributed by atoms with Crippen molar-refractivity contribution in [2.45, 2.75) is 11.3 Å². The van der Waals surface area contributed by atoms with Crippen molar-refractivity contribution in [3.8, 4) is 0 Å². The average Bonchev–Trinajstić information content (AvgIpc) is 2.42. The Labute approximate surface area is 125 Å². The Hall–Kier alpha value is -1.51. The Morgan fingerprint density at radius 2 is 2.00 bits per heavy atom. The van der Waals surface area contributed by atoms with Gasteiger partial charge in [0.15, 0.2) is 0 Å². The molecular formula is C12H13BrN4O2S. The zero-order valence-electron chi connectivity index (χ0n) is 10.5. The normalized spacial score (nSPS) is 11.4. The van der Waals surface area contributed by atoms with Crippen LogP contribution in [0.3, 0.4) is 0 Å². The minimum Gasteiger partial charge on any atom is -0.383 e. The number of halogens is 1. The van der Waals surface area contributed by atoms with E-state index in [4.69, 9.17) is 5.73 Å². The summed E-state index contributed by atoms with van der Waals surface area (Å²) in [5.74, 6) is -0.0235. The number of hydrogen-bond donors (Lipinski definition) is 2. The van der Waals surface area contributed by atoms with Gasteiger partial charge in [-0.1, -0.05) is 0 Å². The molecule has 106 valence electrons. The van der Waals surface area contributed by atoms with Gasteiger partial charge >= 0.3 is 0 Å². The predicted octanol–water partition coefficient (Wildman–Crippen LogP) is 1.34. The highest BCUT2D eigenvalue weighted by molar-refractivity contribution is 9.10. The van der Waals surface area contributed by atoms with E-state index in [-0.39, 0.29) is 17.3 Å². The van der Waals surface area contributed by atoms with Crippen LogP contribution in [0.5, 0.6) is 0 Å². The lowest BCUT2D eigenvalue weighted by Crippen LogP contribution is -2.27. The molecule has 0 aromatic carbocycles. The van der Waals surface area contributed by atoms with Crippen LogP contribution >= 0.6 is 15.9 Å². The number of pyridine rings is 2. The van der Waals surface area contributed by atoms with Gasteiger partial charge < -0.3 is 5.73 Å². The second kappa shape index (κ2) is 6.29. The third-order valence-electron chi connectivity index (χ3n) is 2.59. The van der Waals surface area contributed by atoms with E-state index in [0.717, 1.165) is 5.56 Å². The predicted molar refractivity (Wildman–Crippen MR) is 79.5 cm³/mol. The number of nitrogens with one attached hydrogen (secondary N) is 1. The van der Waals surface area contributed by atoms with E-state index in [0.29, 0.717) is 10.9 Å². The highest BCUT2D eigenvalue weighted by Gasteiger charge is 2.18. The van der Waals surface area contributed by atoms with Crippen LogP contribution < -0.4 is 10.5 Å². The largest absolute Gasteiger partial charge is 0.383 e. The third kappa shape index (κ3) is 3.75. The molecule has 0 saturated heterocycles. The quantitative estimate of drug-likeness (QED) is 0.842. The number of aromatic nitrogens is 2. The minimum absolute atomic E-state index is 0.0235. The first-order chi connectivity index (χ1) is 9.49. The summed E-state index contributed by atoms with van der Waals surface area (Å²) in [6.45, 7) is 0.276. The van der Waals surface area contributed by atoms with Gasteiger partial charge in [-0.15, -0.1) is 0 Å². The molecular weight excluding hydrogens is 344 g/mol. The van der Waals surface area contributed by atoms with Gasteiger partial charge in [-0.2, -0.15) is 0 Å². The van der Waals surface area contributed by atoms with E-state index in [1.165, 1.54) is 12.3 Å². The van der Waals surface area contributed by atoms with Crippen LogP contribution in [-0.4, -0.2) is 24.9 Å². The molecule has 2 heterocycles. The molecule has 0 amide bonds. The number of nitrogens with two attached hydrogens (primary N) is 1. The third-order valence-corrected chi connectivity index (χ3v) is 4.52. The lowest BCUT2D eigenvalue weighted by atomic mass is 10.2. The van der Waals surface area contributed by atoms with Gasteiger partial charge in [0.2, 0.25) is 10.0 Å². The Kier molecular flexibility index (Phi) is 4.69. The number of nitrogen functional groups attached to an aromatic ring is 1. The van der Waals surface area contributed by atoms with Gasteiger partial charge in [-0.25, -0.2) is 18.1 Å². The van der Waals surface area contributed by atoms with Crippen molar-refractivity contribution in [3.05, 3.63) is 46.8 Å². The van der Waals surface area contributed by atoms with E-state index >= 15 is 0 Å². The molecule has 20 heavy (non-hydrogen) atoms. The number of hydrogen-bond acceptors (Lipinski definition) is 5. The van der Waals surface area contributed by atoms with Gasteiger partial charge in [0.1, 0.15) is 10.7 Å². The van der Waals surface area contributed by atoms with Crippen LogP contribution in [0.15, 0.2) is 46.2 Å². The van der Waals surface area contributed by atoms with E-state index < -0.39 is 10.0 Å². The lowest BCUT2D eigenvalue weighted by molar-refractivity contribution is 0.581. The zero-order chi connectivity index (χ0) is 14.6. The molecule has 2 aromatic rings. The second-order valence-corrected chi connectivity index (χ2v) is 6.69. The fourth-order valence-corrected chi connectivity index (χ4v) is 3.22. The molecule has 8 heteroatoms. The molecule has 0 radical (unpaired) electrons. The van der Waals surface area contributed by atoms with Gasteiger partial charge in [0.25, 0.3) is 0 Å². The maximum atomic E-state index is 12.1. The SMILES string of the molecule is Nc1ncc(Br)cc1S(=O)(=O)NCCc1ccncc1. The first kappa shape index (κ1) is 14.9. The monoisotopic (exact) mass is 356 g/mol. The average molecular weight is 357 g/mol. The van der Waals surface area contributed by atoms with Gasteiger partial charge in [-0.05, 0) is 46.1 Å². The number of rotatable bonds is 5. The molecule has 2 aromatic heterocycles. The van der Waals surface area contributed by atoms with Crippen LogP contribution in [0.2, 0.25) is 0 Å². The highest BCUT2D eigenvalue weighted by atomic mass is 79.9. The van der Waals surface area contributed by atoms with E-state index in [1.807, 2.05) is 12.1 Å². The smallest absolute Gasteiger partial charge is 0.244 e. The molecule has 3 N–H and O–H groups in total. The fraction of sp³-hybridized carbons (Fsp3) is 0.167. The molecule has 2 rings (SSSR count). The number of nitrogens with zero attached hydrogens (tertiary/aromatic N) is 2. The lowest BCUT2D eigenvalue weighted by Gasteiger charge is -2.08. The Morgan fingerprint density at radius 3 is 2.70 bits per heavy atom. The maximum Gasteiger partial charge on any atom is 0.244 e.